The molecule has 50 heavy (non-hydrogen) atoms. The molecule has 6 aromatic rings. The van der Waals surface area contributed by atoms with Crippen LogP contribution in [0.3, 0.4) is 0 Å². The van der Waals surface area contributed by atoms with Gasteiger partial charge in [0.2, 0.25) is 0 Å². The van der Waals surface area contributed by atoms with E-state index < -0.39 is 0 Å². The second-order valence-corrected chi connectivity index (χ2v) is 14.7. The van der Waals surface area contributed by atoms with Gasteiger partial charge < -0.3 is 0 Å². The maximum absolute atomic E-state index is 9.36. The fourth-order valence-corrected chi connectivity index (χ4v) is 9.09. The predicted octanol–water partition coefficient (Wildman–Crippen LogP) is 10.3. The molecule has 240 valence electrons. The zero-order valence-corrected chi connectivity index (χ0v) is 27.9. The molecule has 3 fully saturated rings. The third kappa shape index (κ3) is 5.27. The summed E-state index contributed by atoms with van der Waals surface area (Å²) < 4.78 is 0. The minimum atomic E-state index is 0.279. The molecule has 0 radical (unpaired) electrons. The lowest BCUT2D eigenvalue weighted by Gasteiger charge is -2.65. The molecule has 5 aromatic carbocycles. The summed E-state index contributed by atoms with van der Waals surface area (Å²) in [6, 6.07) is 45.2. The van der Waals surface area contributed by atoms with Crippen LogP contribution in [0.2, 0.25) is 0 Å². The lowest BCUT2D eigenvalue weighted by molar-refractivity contribution is -0.141. The first-order valence-electron chi connectivity index (χ1n) is 17.6. The van der Waals surface area contributed by atoms with Crippen molar-refractivity contribution in [3.8, 4) is 68.6 Å². The Hall–Kier alpha value is -5.91. The van der Waals surface area contributed by atoms with E-state index in [0.717, 1.165) is 57.1 Å². The summed E-state index contributed by atoms with van der Waals surface area (Å²) in [5.74, 6) is 5.67. The Balaban J connectivity index is 1.05. The molecule has 3 aliphatic carbocycles. The second-order valence-electron chi connectivity index (χ2n) is 14.7. The number of nitriles is 2. The van der Waals surface area contributed by atoms with Gasteiger partial charge in [0.05, 0.1) is 23.3 Å². The Morgan fingerprint density at radius 2 is 0.920 bits per heavy atom. The summed E-state index contributed by atoms with van der Waals surface area (Å²) >= 11 is 0. The zero-order chi connectivity index (χ0) is 33.8. The van der Waals surface area contributed by atoms with E-state index in [1.54, 1.807) is 12.1 Å². The highest BCUT2D eigenvalue weighted by Gasteiger charge is 2.59. The van der Waals surface area contributed by atoms with Crippen molar-refractivity contribution >= 4 is 0 Å². The van der Waals surface area contributed by atoms with Crippen molar-refractivity contribution < 1.29 is 0 Å². The van der Waals surface area contributed by atoms with Gasteiger partial charge in [-0.3, -0.25) is 0 Å². The number of rotatable bonds is 6. The van der Waals surface area contributed by atoms with Crippen LogP contribution in [0.15, 0.2) is 121 Å². The highest BCUT2D eigenvalue weighted by atomic mass is 15.0. The van der Waals surface area contributed by atoms with E-state index in [9.17, 15) is 10.5 Å². The van der Waals surface area contributed by atoms with Crippen LogP contribution in [0.4, 0.5) is 0 Å². The highest BCUT2D eigenvalue weighted by Crippen LogP contribution is 2.67. The third-order valence-electron chi connectivity index (χ3n) is 11.7. The number of hydrogen-bond donors (Lipinski definition) is 0. The van der Waals surface area contributed by atoms with E-state index in [4.69, 9.17) is 15.0 Å². The Kier molecular flexibility index (Phi) is 7.18. The van der Waals surface area contributed by atoms with E-state index in [2.05, 4.69) is 67.6 Å². The average molecular weight is 646 g/mol. The maximum atomic E-state index is 9.36. The number of nitrogens with zero attached hydrogens (tertiary/aromatic N) is 5. The van der Waals surface area contributed by atoms with Crippen LogP contribution in [0.25, 0.3) is 56.4 Å². The molecule has 3 aliphatic rings. The van der Waals surface area contributed by atoms with E-state index in [1.807, 2.05) is 60.7 Å². The van der Waals surface area contributed by atoms with Gasteiger partial charge in [0.15, 0.2) is 17.5 Å². The van der Waals surface area contributed by atoms with Gasteiger partial charge in [-0.1, -0.05) is 85.8 Å². The molecule has 5 atom stereocenters. The van der Waals surface area contributed by atoms with Gasteiger partial charge in [0.1, 0.15) is 0 Å². The van der Waals surface area contributed by atoms with E-state index >= 15 is 0 Å². The first-order valence-corrected chi connectivity index (χ1v) is 17.6. The molecule has 0 amide bonds. The van der Waals surface area contributed by atoms with Gasteiger partial charge in [-0.2, -0.15) is 10.5 Å². The molecule has 5 heteroatoms. The largest absolute Gasteiger partial charge is 0.208 e. The van der Waals surface area contributed by atoms with Crippen LogP contribution < -0.4 is 0 Å². The van der Waals surface area contributed by atoms with Gasteiger partial charge >= 0.3 is 0 Å². The van der Waals surface area contributed by atoms with Crippen LogP contribution in [0.5, 0.6) is 0 Å². The Morgan fingerprint density at radius 3 is 1.44 bits per heavy atom. The van der Waals surface area contributed by atoms with Gasteiger partial charge in [0, 0.05) is 16.7 Å². The minimum Gasteiger partial charge on any atom is -0.208 e. The number of benzene rings is 5. The molecular weight excluding hydrogens is 611 g/mol. The number of aromatic nitrogens is 3. The summed E-state index contributed by atoms with van der Waals surface area (Å²) in [6.45, 7) is 2.49. The van der Waals surface area contributed by atoms with Gasteiger partial charge in [-0.25, -0.2) is 15.0 Å². The van der Waals surface area contributed by atoms with Gasteiger partial charge in [0.25, 0.3) is 0 Å². The van der Waals surface area contributed by atoms with Crippen molar-refractivity contribution in [1.82, 2.24) is 15.0 Å². The summed E-state index contributed by atoms with van der Waals surface area (Å²) in [4.78, 5) is 14.9. The summed E-state index contributed by atoms with van der Waals surface area (Å²) in [5, 5.41) is 18.5. The predicted molar refractivity (Wildman–Crippen MR) is 196 cm³/mol. The fourth-order valence-electron chi connectivity index (χ4n) is 9.09. The molecule has 0 N–H and O–H groups in total. The smallest absolute Gasteiger partial charge is 0.164 e. The molecular formula is C45H35N5. The van der Waals surface area contributed by atoms with Crippen molar-refractivity contribution in [2.75, 3.05) is 0 Å². The van der Waals surface area contributed by atoms with Crippen LogP contribution in [-0.4, -0.2) is 15.0 Å². The number of hydrogen-bond acceptors (Lipinski definition) is 5. The zero-order valence-electron chi connectivity index (χ0n) is 27.9. The lowest BCUT2D eigenvalue weighted by atomic mass is 9.39. The molecule has 1 heterocycles. The molecule has 9 rings (SSSR count). The molecule has 0 spiro atoms. The second kappa shape index (κ2) is 11.9. The molecule has 0 bridgehead atoms. The van der Waals surface area contributed by atoms with Crippen molar-refractivity contribution in [3.63, 3.8) is 0 Å². The molecule has 5 nitrogen and oxygen atoms in total. The Morgan fingerprint density at radius 1 is 0.500 bits per heavy atom. The SMILES string of the molecule is CC1(c2ccc(-c3cccc(-c4nc(-c5ccc(C#N)cc5)nc(-c5ccc(-c6ccc(C#N)cc6)cc5)n4)c3)cc2)C[C@H]2CC3C[C@@H](C1)C32. The van der Waals surface area contributed by atoms with Crippen molar-refractivity contribution in [2.24, 2.45) is 23.7 Å². The first-order chi connectivity index (χ1) is 24.5. The summed E-state index contributed by atoms with van der Waals surface area (Å²) in [7, 11) is 0. The Labute approximate surface area is 293 Å². The normalized spacial score (nSPS) is 23.0. The van der Waals surface area contributed by atoms with Crippen LogP contribution in [0, 0.1) is 46.3 Å². The van der Waals surface area contributed by atoms with Crippen molar-refractivity contribution in [3.05, 3.63) is 138 Å². The topological polar surface area (TPSA) is 86.2 Å². The highest BCUT2D eigenvalue weighted by molar-refractivity contribution is 5.74. The molecule has 3 unspecified atom stereocenters. The van der Waals surface area contributed by atoms with Crippen molar-refractivity contribution in [2.45, 2.75) is 38.0 Å². The summed E-state index contributed by atoms with van der Waals surface area (Å²) in [6.07, 6.45) is 5.58. The summed E-state index contributed by atoms with van der Waals surface area (Å²) in [5.41, 5.74) is 9.95. The quantitative estimate of drug-likeness (QED) is 0.180. The van der Waals surface area contributed by atoms with E-state index in [1.165, 1.54) is 36.8 Å². The third-order valence-corrected chi connectivity index (χ3v) is 11.7. The average Bonchev–Trinajstić information content (AvgIpc) is 3.16. The molecule has 0 aliphatic heterocycles. The molecule has 3 saturated carbocycles. The Bertz CT molecular complexity index is 2290. The van der Waals surface area contributed by atoms with Gasteiger partial charge in [-0.15, -0.1) is 0 Å². The standard InChI is InChI=1S/C45H35N5/c1-45(24-38-22-37-23-39(25-45)41(37)38)40-19-17-32(18-20-40)35-3-2-4-36(21-35)44-49-42(33-11-7-29(27-47)8-12-33)48-43(50-44)34-15-13-31(14-16-34)30-9-5-28(26-46)6-10-30/h2-21,37-39,41H,22-25H2,1H3/t37?,38-,39+,41?,45?. The van der Waals surface area contributed by atoms with Crippen LogP contribution >= 0.6 is 0 Å². The first kappa shape index (κ1) is 30.2. The van der Waals surface area contributed by atoms with Crippen molar-refractivity contribution in [1.29, 1.82) is 10.5 Å². The molecule has 1 aromatic heterocycles. The van der Waals surface area contributed by atoms with Crippen LogP contribution in [0.1, 0.15) is 49.3 Å². The van der Waals surface area contributed by atoms with E-state index in [-0.39, 0.29) is 5.41 Å². The fraction of sp³-hybridized carbons (Fsp3) is 0.222. The molecule has 0 saturated heterocycles. The van der Waals surface area contributed by atoms with Crippen LogP contribution in [-0.2, 0) is 5.41 Å². The lowest BCUT2D eigenvalue weighted by Crippen LogP contribution is -2.58. The minimum absolute atomic E-state index is 0.279. The van der Waals surface area contributed by atoms with E-state index in [0.29, 0.717) is 28.6 Å². The monoisotopic (exact) mass is 645 g/mol. The maximum Gasteiger partial charge on any atom is 0.164 e. The van der Waals surface area contributed by atoms with Gasteiger partial charge in [-0.05, 0) is 125 Å².